The smallest absolute Gasteiger partial charge is 0.146 e. The summed E-state index contributed by atoms with van der Waals surface area (Å²) in [5.74, 6) is -0.0838. The van der Waals surface area contributed by atoms with Gasteiger partial charge in [-0.05, 0) is 49.8 Å². The number of nitrogens with one attached hydrogen (secondary N) is 1. The van der Waals surface area contributed by atoms with Crippen LogP contribution in [0.5, 0.6) is 0 Å². The molecule has 0 radical (unpaired) electrons. The summed E-state index contributed by atoms with van der Waals surface area (Å²) < 4.78 is 14.1. The van der Waals surface area contributed by atoms with E-state index >= 15 is 0 Å². The summed E-state index contributed by atoms with van der Waals surface area (Å²) in [6, 6.07) is 6.86. The molecule has 3 rings (SSSR count). The monoisotopic (exact) mass is 248 g/mol. The quantitative estimate of drug-likeness (QED) is 0.861. The molecule has 1 aromatic carbocycles. The molecule has 0 spiro atoms. The van der Waals surface area contributed by atoms with E-state index in [1.165, 1.54) is 32.1 Å². The van der Waals surface area contributed by atoms with Crippen molar-refractivity contribution in [3.8, 4) is 0 Å². The van der Waals surface area contributed by atoms with Crippen molar-refractivity contribution in [1.82, 2.24) is 5.32 Å². The van der Waals surface area contributed by atoms with Gasteiger partial charge in [-0.25, -0.2) is 4.39 Å². The van der Waals surface area contributed by atoms with E-state index in [2.05, 4.69) is 10.2 Å². The molecule has 0 saturated heterocycles. The summed E-state index contributed by atoms with van der Waals surface area (Å²) in [5, 5.41) is 3.41. The van der Waals surface area contributed by atoms with Crippen LogP contribution in [0.25, 0.3) is 0 Å². The average molecular weight is 248 g/mol. The van der Waals surface area contributed by atoms with Crippen molar-refractivity contribution in [2.24, 2.45) is 0 Å². The van der Waals surface area contributed by atoms with E-state index in [1.54, 1.807) is 6.07 Å². The highest BCUT2D eigenvalue weighted by molar-refractivity contribution is 5.49. The lowest BCUT2D eigenvalue weighted by atomic mass is 9.91. The molecule has 2 saturated carbocycles. The van der Waals surface area contributed by atoms with Crippen molar-refractivity contribution in [3.63, 3.8) is 0 Å². The first-order chi connectivity index (χ1) is 8.74. The van der Waals surface area contributed by atoms with E-state index in [1.807, 2.05) is 19.2 Å². The molecule has 1 N–H and O–H groups in total. The zero-order chi connectivity index (χ0) is 12.5. The van der Waals surface area contributed by atoms with Gasteiger partial charge in [0.2, 0.25) is 0 Å². The molecule has 2 aliphatic carbocycles. The van der Waals surface area contributed by atoms with E-state index < -0.39 is 0 Å². The van der Waals surface area contributed by atoms with Crippen LogP contribution in [0.2, 0.25) is 0 Å². The van der Waals surface area contributed by atoms with Crippen LogP contribution in [0, 0.1) is 5.82 Å². The van der Waals surface area contributed by atoms with Crippen LogP contribution in [-0.4, -0.2) is 19.1 Å². The molecule has 0 aliphatic heterocycles. The predicted octanol–water partition coefficient (Wildman–Crippen LogP) is 3.07. The maximum absolute atomic E-state index is 14.1. The van der Waals surface area contributed by atoms with Crippen LogP contribution in [0.3, 0.4) is 0 Å². The van der Waals surface area contributed by atoms with Crippen LogP contribution in [0.15, 0.2) is 18.2 Å². The molecule has 0 bridgehead atoms. The number of rotatable bonds is 5. The van der Waals surface area contributed by atoms with Crippen molar-refractivity contribution in [2.75, 3.05) is 11.9 Å². The fourth-order valence-electron chi connectivity index (χ4n) is 2.47. The lowest BCUT2D eigenvalue weighted by Gasteiger charge is -2.36. The normalized spacial score (nSPS) is 19.7. The Bertz CT molecular complexity index is 425. The third-order valence-corrected chi connectivity index (χ3v) is 4.19. The number of hydrogen-bond acceptors (Lipinski definition) is 2. The predicted molar refractivity (Wildman–Crippen MR) is 72.3 cm³/mol. The van der Waals surface area contributed by atoms with Crippen LogP contribution >= 0.6 is 0 Å². The topological polar surface area (TPSA) is 15.3 Å². The van der Waals surface area contributed by atoms with Gasteiger partial charge in [0.15, 0.2) is 0 Å². The average Bonchev–Trinajstić information content (AvgIpc) is 3.07. The first-order valence-corrected chi connectivity index (χ1v) is 6.98. The van der Waals surface area contributed by atoms with Gasteiger partial charge in [0.1, 0.15) is 5.82 Å². The van der Waals surface area contributed by atoms with E-state index in [9.17, 15) is 4.39 Å². The Morgan fingerprint density at radius 3 is 2.61 bits per heavy atom. The first kappa shape index (κ1) is 12.0. The standard InChI is InChI=1S/C15H21FN2/c1-18(13-3-2-4-13)15-8-5-11(9-14(15)16)10-17-12-6-7-12/h5,8-9,12-13,17H,2-4,6-7,10H2,1H3. The van der Waals surface area contributed by atoms with Gasteiger partial charge in [-0.15, -0.1) is 0 Å². The molecule has 0 heterocycles. The minimum Gasteiger partial charge on any atom is -0.369 e. The van der Waals surface area contributed by atoms with E-state index in [-0.39, 0.29) is 5.82 Å². The third-order valence-electron chi connectivity index (χ3n) is 4.19. The molecule has 2 aliphatic rings. The minimum atomic E-state index is -0.0838. The highest BCUT2D eigenvalue weighted by Gasteiger charge is 2.24. The number of anilines is 1. The molecule has 0 aromatic heterocycles. The number of halogens is 1. The van der Waals surface area contributed by atoms with Gasteiger partial charge in [-0.1, -0.05) is 6.07 Å². The zero-order valence-electron chi connectivity index (χ0n) is 11.0. The Balaban J connectivity index is 1.66. The molecule has 1 aromatic rings. The van der Waals surface area contributed by atoms with Crippen molar-refractivity contribution in [1.29, 1.82) is 0 Å². The molecule has 2 fully saturated rings. The van der Waals surface area contributed by atoms with Crippen LogP contribution in [-0.2, 0) is 6.54 Å². The molecular formula is C15H21FN2. The summed E-state index contributed by atoms with van der Waals surface area (Å²) in [4.78, 5) is 2.09. The Labute approximate surface area is 108 Å². The van der Waals surface area contributed by atoms with Crippen LogP contribution in [0.1, 0.15) is 37.7 Å². The fraction of sp³-hybridized carbons (Fsp3) is 0.600. The molecule has 3 heteroatoms. The lowest BCUT2D eigenvalue weighted by Crippen LogP contribution is -2.37. The minimum absolute atomic E-state index is 0.0838. The summed E-state index contributed by atoms with van der Waals surface area (Å²) in [5.41, 5.74) is 1.79. The maximum atomic E-state index is 14.1. The van der Waals surface area contributed by atoms with E-state index in [4.69, 9.17) is 0 Å². The Kier molecular flexibility index (Phi) is 3.25. The van der Waals surface area contributed by atoms with Gasteiger partial charge in [0.05, 0.1) is 5.69 Å². The zero-order valence-corrected chi connectivity index (χ0v) is 11.0. The molecule has 98 valence electrons. The summed E-state index contributed by atoms with van der Waals surface area (Å²) in [6.07, 6.45) is 6.21. The Morgan fingerprint density at radius 2 is 2.06 bits per heavy atom. The van der Waals surface area contributed by atoms with Gasteiger partial charge < -0.3 is 10.2 Å². The molecule has 18 heavy (non-hydrogen) atoms. The Morgan fingerprint density at radius 1 is 1.28 bits per heavy atom. The highest BCUT2D eigenvalue weighted by atomic mass is 19.1. The molecule has 0 unspecified atom stereocenters. The van der Waals surface area contributed by atoms with Gasteiger partial charge in [-0.2, -0.15) is 0 Å². The SMILES string of the molecule is CN(c1ccc(CNC2CC2)cc1F)C1CCC1. The third kappa shape index (κ3) is 2.51. The molecule has 2 nitrogen and oxygen atoms in total. The first-order valence-electron chi connectivity index (χ1n) is 6.98. The summed E-state index contributed by atoms with van der Waals surface area (Å²) in [7, 11) is 2.00. The maximum Gasteiger partial charge on any atom is 0.146 e. The van der Waals surface area contributed by atoms with Crippen LogP contribution < -0.4 is 10.2 Å². The largest absolute Gasteiger partial charge is 0.369 e. The second-order valence-electron chi connectivity index (χ2n) is 5.64. The van der Waals surface area contributed by atoms with Crippen molar-refractivity contribution in [2.45, 2.75) is 50.7 Å². The second kappa shape index (κ2) is 4.88. The van der Waals surface area contributed by atoms with Crippen LogP contribution in [0.4, 0.5) is 10.1 Å². The van der Waals surface area contributed by atoms with Crippen molar-refractivity contribution >= 4 is 5.69 Å². The molecule has 0 amide bonds. The van der Waals surface area contributed by atoms with E-state index in [0.29, 0.717) is 12.1 Å². The lowest BCUT2D eigenvalue weighted by molar-refractivity contribution is 0.398. The van der Waals surface area contributed by atoms with Crippen molar-refractivity contribution < 1.29 is 4.39 Å². The highest BCUT2D eigenvalue weighted by Crippen LogP contribution is 2.30. The van der Waals surface area contributed by atoms with E-state index in [0.717, 1.165) is 17.8 Å². The number of benzene rings is 1. The second-order valence-corrected chi connectivity index (χ2v) is 5.64. The Hall–Kier alpha value is -1.09. The van der Waals surface area contributed by atoms with Gasteiger partial charge in [0, 0.05) is 25.7 Å². The summed E-state index contributed by atoms with van der Waals surface area (Å²) in [6.45, 7) is 0.787. The van der Waals surface area contributed by atoms with Crippen molar-refractivity contribution in [3.05, 3.63) is 29.6 Å². The van der Waals surface area contributed by atoms with Gasteiger partial charge in [-0.3, -0.25) is 0 Å². The fourth-order valence-corrected chi connectivity index (χ4v) is 2.47. The molecular weight excluding hydrogens is 227 g/mol. The summed E-state index contributed by atoms with van der Waals surface area (Å²) >= 11 is 0. The van der Waals surface area contributed by atoms with Gasteiger partial charge >= 0.3 is 0 Å². The number of nitrogens with zero attached hydrogens (tertiary/aromatic N) is 1. The molecule has 0 atom stereocenters. The van der Waals surface area contributed by atoms with Gasteiger partial charge in [0.25, 0.3) is 0 Å². The number of hydrogen-bond donors (Lipinski definition) is 1.